The number of aryl methyl sites for hydroxylation is 3. The summed E-state index contributed by atoms with van der Waals surface area (Å²) in [6.45, 7) is 5.71. The Kier molecular flexibility index (Phi) is 6.33. The summed E-state index contributed by atoms with van der Waals surface area (Å²) < 4.78 is 0. The quantitative estimate of drug-likeness (QED) is 0.401. The van der Waals surface area contributed by atoms with E-state index in [-0.39, 0.29) is 11.6 Å². The van der Waals surface area contributed by atoms with Crippen LogP contribution in [0.5, 0.6) is 0 Å². The first-order valence-electron chi connectivity index (χ1n) is 9.91. The summed E-state index contributed by atoms with van der Waals surface area (Å²) in [5.41, 5.74) is 4.16. The van der Waals surface area contributed by atoms with Crippen molar-refractivity contribution in [1.29, 1.82) is 0 Å². The number of imide groups is 1. The van der Waals surface area contributed by atoms with Crippen molar-refractivity contribution >= 4 is 58.2 Å². The van der Waals surface area contributed by atoms with Gasteiger partial charge in [0.1, 0.15) is 10.6 Å². The third kappa shape index (κ3) is 4.42. The molecule has 0 aliphatic carbocycles. The standard InChI is InChI=1S/C25H20Cl2N2O2S/c1-14-4-5-16(3)21(12-14)29-24(30)22(28-18-9-6-15(2)20(27)13-18)23(25(29)31)32-19-10-7-17(26)8-11-19/h4-13,28H,1-3H3. The van der Waals surface area contributed by atoms with E-state index in [1.807, 2.05) is 63.2 Å². The van der Waals surface area contributed by atoms with Gasteiger partial charge in [-0.05, 0) is 79.9 Å². The van der Waals surface area contributed by atoms with E-state index < -0.39 is 5.91 Å². The largest absolute Gasteiger partial charge is 0.350 e. The maximum atomic E-state index is 13.5. The van der Waals surface area contributed by atoms with Crippen molar-refractivity contribution in [2.24, 2.45) is 0 Å². The molecule has 1 N–H and O–H groups in total. The molecule has 2 amide bonds. The minimum absolute atomic E-state index is 0.218. The molecule has 0 saturated carbocycles. The Hall–Kier alpha value is -2.73. The van der Waals surface area contributed by atoms with Gasteiger partial charge in [-0.2, -0.15) is 0 Å². The van der Waals surface area contributed by atoms with Gasteiger partial charge >= 0.3 is 0 Å². The number of carbonyl (C=O) groups is 2. The van der Waals surface area contributed by atoms with Gasteiger partial charge in [0.2, 0.25) is 0 Å². The monoisotopic (exact) mass is 482 g/mol. The summed E-state index contributed by atoms with van der Waals surface area (Å²) >= 11 is 13.5. The van der Waals surface area contributed by atoms with Crippen LogP contribution >= 0.6 is 35.0 Å². The van der Waals surface area contributed by atoms with Crippen molar-refractivity contribution in [1.82, 2.24) is 0 Å². The highest BCUT2D eigenvalue weighted by Crippen LogP contribution is 2.39. The lowest BCUT2D eigenvalue weighted by Crippen LogP contribution is -2.33. The molecule has 7 heteroatoms. The number of halogens is 2. The Balaban J connectivity index is 1.78. The molecule has 3 aromatic carbocycles. The van der Waals surface area contributed by atoms with E-state index in [0.29, 0.717) is 26.3 Å². The number of hydrogen-bond acceptors (Lipinski definition) is 4. The van der Waals surface area contributed by atoms with Gasteiger partial charge in [-0.25, -0.2) is 4.90 Å². The van der Waals surface area contributed by atoms with Gasteiger partial charge in [-0.3, -0.25) is 9.59 Å². The van der Waals surface area contributed by atoms with E-state index in [9.17, 15) is 9.59 Å². The molecule has 0 unspecified atom stereocenters. The number of rotatable bonds is 5. The van der Waals surface area contributed by atoms with Gasteiger partial charge in [-0.15, -0.1) is 0 Å². The van der Waals surface area contributed by atoms with Crippen LogP contribution in [0.1, 0.15) is 16.7 Å². The first kappa shape index (κ1) is 22.5. The van der Waals surface area contributed by atoms with Gasteiger partial charge in [0, 0.05) is 20.6 Å². The number of carbonyl (C=O) groups excluding carboxylic acids is 2. The number of anilines is 2. The molecule has 4 nitrogen and oxygen atoms in total. The number of thioether (sulfide) groups is 1. The molecule has 3 aromatic rings. The van der Waals surface area contributed by atoms with E-state index in [1.165, 1.54) is 16.7 Å². The fourth-order valence-corrected chi connectivity index (χ4v) is 4.56. The van der Waals surface area contributed by atoms with Crippen molar-refractivity contribution in [3.8, 4) is 0 Å². The van der Waals surface area contributed by atoms with Crippen LogP contribution in [0.4, 0.5) is 11.4 Å². The molecule has 1 aliphatic rings. The molecule has 4 rings (SSSR count). The van der Waals surface area contributed by atoms with Crippen LogP contribution in [0.25, 0.3) is 0 Å². The molecule has 1 aliphatic heterocycles. The number of nitrogens with one attached hydrogen (secondary N) is 1. The normalized spacial score (nSPS) is 13.8. The lowest BCUT2D eigenvalue weighted by atomic mass is 10.1. The summed E-state index contributed by atoms with van der Waals surface area (Å²) in [5.74, 6) is -0.777. The molecule has 0 fully saturated rings. The molecule has 0 spiro atoms. The van der Waals surface area contributed by atoms with Crippen molar-refractivity contribution in [3.05, 3.63) is 98.0 Å². The molecule has 1 heterocycles. The number of nitrogens with zero attached hydrogens (tertiary/aromatic N) is 1. The van der Waals surface area contributed by atoms with Gasteiger partial charge in [0.15, 0.2) is 0 Å². The van der Waals surface area contributed by atoms with Crippen LogP contribution < -0.4 is 10.2 Å². The van der Waals surface area contributed by atoms with Gasteiger partial charge in [0.25, 0.3) is 11.8 Å². The molecule has 0 radical (unpaired) electrons. The first-order chi connectivity index (χ1) is 15.2. The molecular formula is C25H20Cl2N2O2S. The van der Waals surface area contributed by atoms with Crippen LogP contribution in [0.2, 0.25) is 10.0 Å². The van der Waals surface area contributed by atoms with Gasteiger partial charge < -0.3 is 5.32 Å². The fourth-order valence-electron chi connectivity index (χ4n) is 3.33. The molecule has 0 aromatic heterocycles. The third-order valence-corrected chi connectivity index (χ3v) is 6.87. The van der Waals surface area contributed by atoms with Crippen molar-refractivity contribution in [3.63, 3.8) is 0 Å². The van der Waals surface area contributed by atoms with Crippen LogP contribution in [0.15, 0.2) is 76.2 Å². The smallest absolute Gasteiger partial charge is 0.283 e. The average molecular weight is 483 g/mol. The topological polar surface area (TPSA) is 49.4 Å². The summed E-state index contributed by atoms with van der Waals surface area (Å²) in [7, 11) is 0. The summed E-state index contributed by atoms with van der Waals surface area (Å²) in [5, 5.41) is 4.31. The Bertz CT molecular complexity index is 1270. The van der Waals surface area contributed by atoms with Crippen LogP contribution in [0.3, 0.4) is 0 Å². The van der Waals surface area contributed by atoms with Crippen LogP contribution in [-0.4, -0.2) is 11.8 Å². The fraction of sp³-hybridized carbons (Fsp3) is 0.120. The number of amides is 2. The van der Waals surface area contributed by atoms with E-state index in [2.05, 4.69) is 5.32 Å². The lowest BCUT2D eigenvalue weighted by Gasteiger charge is -2.18. The second-order valence-electron chi connectivity index (χ2n) is 7.58. The number of hydrogen-bond donors (Lipinski definition) is 1. The highest BCUT2D eigenvalue weighted by molar-refractivity contribution is 8.04. The highest BCUT2D eigenvalue weighted by Gasteiger charge is 2.40. The van der Waals surface area contributed by atoms with E-state index >= 15 is 0 Å². The van der Waals surface area contributed by atoms with E-state index in [0.717, 1.165) is 21.6 Å². The molecular weight excluding hydrogens is 463 g/mol. The summed E-state index contributed by atoms with van der Waals surface area (Å²) in [6.07, 6.45) is 0. The summed E-state index contributed by atoms with van der Waals surface area (Å²) in [6, 6.07) is 18.3. The molecule has 0 atom stereocenters. The number of benzene rings is 3. The predicted octanol–water partition coefficient (Wildman–Crippen LogP) is 6.91. The second-order valence-corrected chi connectivity index (χ2v) is 9.51. The maximum Gasteiger partial charge on any atom is 0.283 e. The molecule has 32 heavy (non-hydrogen) atoms. The zero-order chi connectivity index (χ0) is 23.0. The Labute approximate surface area is 201 Å². The Morgan fingerprint density at radius 1 is 0.812 bits per heavy atom. The highest BCUT2D eigenvalue weighted by atomic mass is 35.5. The minimum atomic E-state index is -0.406. The second kappa shape index (κ2) is 9.02. The van der Waals surface area contributed by atoms with Gasteiger partial charge in [-0.1, -0.05) is 53.2 Å². The van der Waals surface area contributed by atoms with Gasteiger partial charge in [0.05, 0.1) is 5.69 Å². The minimum Gasteiger partial charge on any atom is -0.350 e. The Morgan fingerprint density at radius 2 is 1.50 bits per heavy atom. The third-order valence-electron chi connectivity index (χ3n) is 5.12. The average Bonchev–Trinajstić information content (AvgIpc) is 2.98. The lowest BCUT2D eigenvalue weighted by molar-refractivity contribution is -0.120. The predicted molar refractivity (Wildman–Crippen MR) is 133 cm³/mol. The van der Waals surface area contributed by atoms with E-state index in [1.54, 1.807) is 18.2 Å². The Morgan fingerprint density at radius 3 is 2.19 bits per heavy atom. The van der Waals surface area contributed by atoms with E-state index in [4.69, 9.17) is 23.2 Å². The first-order valence-corrected chi connectivity index (χ1v) is 11.5. The molecule has 0 bridgehead atoms. The van der Waals surface area contributed by atoms with Crippen LogP contribution in [-0.2, 0) is 9.59 Å². The molecule has 0 saturated heterocycles. The van der Waals surface area contributed by atoms with Crippen molar-refractivity contribution < 1.29 is 9.59 Å². The molecule has 162 valence electrons. The maximum absolute atomic E-state index is 13.5. The zero-order valence-corrected chi connectivity index (χ0v) is 20.0. The SMILES string of the molecule is Cc1ccc(C)c(N2C(=O)C(Nc3ccc(C)c(Cl)c3)=C(Sc3ccc(Cl)cc3)C2=O)c1. The zero-order valence-electron chi connectivity index (χ0n) is 17.7. The van der Waals surface area contributed by atoms with Crippen LogP contribution in [0, 0.1) is 20.8 Å². The summed E-state index contributed by atoms with van der Waals surface area (Å²) in [4.78, 5) is 29.4. The van der Waals surface area contributed by atoms with Crippen molar-refractivity contribution in [2.75, 3.05) is 10.2 Å². The van der Waals surface area contributed by atoms with Crippen molar-refractivity contribution in [2.45, 2.75) is 25.7 Å².